The van der Waals surface area contributed by atoms with Crippen LogP contribution in [0, 0.1) is 0 Å². The number of hydrogen-bond acceptors (Lipinski definition) is 4. The molecule has 0 fully saturated rings. The first-order chi connectivity index (χ1) is 6.65. The third-order valence-electron chi connectivity index (χ3n) is 2.03. The summed E-state index contributed by atoms with van der Waals surface area (Å²) in [4.78, 5) is 11.4. The van der Waals surface area contributed by atoms with Crippen LogP contribution in [0.25, 0.3) is 0 Å². The van der Waals surface area contributed by atoms with Crippen LogP contribution >= 0.6 is 11.8 Å². The van der Waals surface area contributed by atoms with Crippen LogP contribution < -0.4 is 11.1 Å². The maximum absolute atomic E-state index is 11.4. The molecule has 0 aromatic rings. The minimum absolute atomic E-state index is 0.0303. The molecule has 1 amide bonds. The Morgan fingerprint density at radius 1 is 1.64 bits per heavy atom. The second-order valence-corrected chi connectivity index (χ2v) is 4.17. The molecule has 0 aliphatic carbocycles. The average molecular weight is 220 g/mol. The van der Waals surface area contributed by atoms with Crippen LogP contribution in [0.4, 0.5) is 0 Å². The normalized spacial score (nSPS) is 14.9. The molecule has 0 unspecified atom stereocenters. The van der Waals surface area contributed by atoms with Crippen molar-refractivity contribution in [2.24, 2.45) is 5.73 Å². The zero-order valence-electron chi connectivity index (χ0n) is 8.82. The minimum atomic E-state index is -0.456. The lowest BCUT2D eigenvalue weighted by Crippen LogP contribution is -2.46. The number of carbonyl (C=O) groups is 1. The van der Waals surface area contributed by atoms with Crippen molar-refractivity contribution in [1.82, 2.24) is 5.32 Å². The predicted octanol–water partition coefficient (Wildman–Crippen LogP) is -0.0461. The molecule has 0 saturated carbocycles. The van der Waals surface area contributed by atoms with E-state index in [-0.39, 0.29) is 18.6 Å². The van der Waals surface area contributed by atoms with Gasteiger partial charge in [-0.3, -0.25) is 4.79 Å². The third kappa shape index (κ3) is 5.47. The highest BCUT2D eigenvalue weighted by Gasteiger charge is 2.15. The Kier molecular flexibility index (Phi) is 7.93. The lowest BCUT2D eigenvalue weighted by atomic mass is 10.2. The Morgan fingerprint density at radius 2 is 2.29 bits per heavy atom. The van der Waals surface area contributed by atoms with Crippen LogP contribution in [0.2, 0.25) is 0 Å². The standard InChI is InChI=1S/C9H20N2O2S/c1-3-7(6-12)11-9(13)8(10)4-5-14-2/h7-8,12H,3-6,10H2,1-2H3,(H,11,13)/t7-,8-/m0/s1. The number of hydrogen-bond donors (Lipinski definition) is 3. The van der Waals surface area contributed by atoms with E-state index in [0.717, 1.165) is 12.2 Å². The van der Waals surface area contributed by atoms with E-state index >= 15 is 0 Å². The zero-order chi connectivity index (χ0) is 11.0. The van der Waals surface area contributed by atoms with Gasteiger partial charge in [-0.1, -0.05) is 6.92 Å². The first-order valence-corrected chi connectivity index (χ1v) is 6.20. The van der Waals surface area contributed by atoms with Crippen LogP contribution in [0.15, 0.2) is 0 Å². The molecule has 14 heavy (non-hydrogen) atoms. The van der Waals surface area contributed by atoms with Crippen molar-refractivity contribution in [3.8, 4) is 0 Å². The molecule has 0 aliphatic rings. The highest BCUT2D eigenvalue weighted by atomic mass is 32.2. The van der Waals surface area contributed by atoms with E-state index in [1.807, 2.05) is 13.2 Å². The van der Waals surface area contributed by atoms with E-state index in [0.29, 0.717) is 6.42 Å². The van der Waals surface area contributed by atoms with Crippen LogP contribution in [0.5, 0.6) is 0 Å². The van der Waals surface area contributed by atoms with Gasteiger partial charge < -0.3 is 16.2 Å². The summed E-state index contributed by atoms with van der Waals surface area (Å²) in [5.74, 6) is 0.713. The van der Waals surface area contributed by atoms with Gasteiger partial charge in [0.2, 0.25) is 5.91 Å². The summed E-state index contributed by atoms with van der Waals surface area (Å²) in [6.07, 6.45) is 3.37. The van der Waals surface area contributed by atoms with Crippen molar-refractivity contribution in [2.75, 3.05) is 18.6 Å². The monoisotopic (exact) mass is 220 g/mol. The number of thioether (sulfide) groups is 1. The summed E-state index contributed by atoms with van der Waals surface area (Å²) < 4.78 is 0. The summed E-state index contributed by atoms with van der Waals surface area (Å²) in [6, 6.07) is -0.620. The SMILES string of the molecule is CC[C@@H](CO)NC(=O)[C@@H](N)CCSC. The molecule has 0 rings (SSSR count). The molecule has 0 aliphatic heterocycles. The lowest BCUT2D eigenvalue weighted by molar-refractivity contribution is -0.123. The van der Waals surface area contributed by atoms with Crippen LogP contribution in [0.1, 0.15) is 19.8 Å². The van der Waals surface area contributed by atoms with Crippen LogP contribution in [-0.2, 0) is 4.79 Å². The van der Waals surface area contributed by atoms with Crippen molar-refractivity contribution in [2.45, 2.75) is 31.8 Å². The van der Waals surface area contributed by atoms with Crippen molar-refractivity contribution >= 4 is 17.7 Å². The topological polar surface area (TPSA) is 75.3 Å². The van der Waals surface area contributed by atoms with Crippen LogP contribution in [0.3, 0.4) is 0 Å². The van der Waals surface area contributed by atoms with Gasteiger partial charge in [-0.2, -0.15) is 11.8 Å². The van der Waals surface area contributed by atoms with E-state index in [4.69, 9.17) is 10.8 Å². The molecule has 0 saturated heterocycles. The molecular weight excluding hydrogens is 200 g/mol. The second-order valence-electron chi connectivity index (χ2n) is 3.18. The molecule has 0 bridgehead atoms. The molecule has 0 aromatic heterocycles. The molecule has 4 nitrogen and oxygen atoms in total. The number of aliphatic hydroxyl groups is 1. The van der Waals surface area contributed by atoms with E-state index in [9.17, 15) is 4.79 Å². The lowest BCUT2D eigenvalue weighted by Gasteiger charge is -2.17. The summed E-state index contributed by atoms with van der Waals surface area (Å²) in [7, 11) is 0. The Morgan fingerprint density at radius 3 is 2.71 bits per heavy atom. The van der Waals surface area contributed by atoms with Gasteiger partial charge >= 0.3 is 0 Å². The van der Waals surface area contributed by atoms with Gasteiger partial charge in [0, 0.05) is 0 Å². The molecular formula is C9H20N2O2S. The van der Waals surface area contributed by atoms with Gasteiger partial charge in [0.05, 0.1) is 18.7 Å². The van der Waals surface area contributed by atoms with Gasteiger partial charge in [-0.15, -0.1) is 0 Å². The fourth-order valence-electron chi connectivity index (χ4n) is 0.961. The van der Waals surface area contributed by atoms with Crippen molar-refractivity contribution < 1.29 is 9.90 Å². The molecule has 4 N–H and O–H groups in total. The van der Waals surface area contributed by atoms with E-state index in [2.05, 4.69) is 5.32 Å². The number of rotatable bonds is 7. The van der Waals surface area contributed by atoms with Gasteiger partial charge in [-0.05, 0) is 24.9 Å². The summed E-state index contributed by atoms with van der Waals surface area (Å²) >= 11 is 1.67. The fraction of sp³-hybridized carbons (Fsp3) is 0.889. The molecule has 0 spiro atoms. The molecule has 84 valence electrons. The van der Waals surface area contributed by atoms with E-state index in [1.54, 1.807) is 11.8 Å². The Hall–Kier alpha value is -0.260. The fourth-order valence-corrected chi connectivity index (χ4v) is 1.45. The highest BCUT2D eigenvalue weighted by Crippen LogP contribution is 1.99. The van der Waals surface area contributed by atoms with Crippen molar-refractivity contribution in [3.05, 3.63) is 0 Å². The summed E-state index contributed by atoms with van der Waals surface area (Å²) in [6.45, 7) is 1.88. The maximum atomic E-state index is 11.4. The molecule has 2 atom stereocenters. The number of nitrogens with two attached hydrogens (primary N) is 1. The Balaban J connectivity index is 3.81. The quantitative estimate of drug-likeness (QED) is 0.562. The maximum Gasteiger partial charge on any atom is 0.237 e. The second kappa shape index (κ2) is 8.08. The van der Waals surface area contributed by atoms with Gasteiger partial charge in [0.15, 0.2) is 0 Å². The average Bonchev–Trinajstić information content (AvgIpc) is 2.21. The first-order valence-electron chi connectivity index (χ1n) is 4.81. The minimum Gasteiger partial charge on any atom is -0.394 e. The van der Waals surface area contributed by atoms with E-state index < -0.39 is 6.04 Å². The van der Waals surface area contributed by atoms with Crippen molar-refractivity contribution in [1.29, 1.82) is 0 Å². The van der Waals surface area contributed by atoms with E-state index in [1.165, 1.54) is 0 Å². The summed E-state index contributed by atoms with van der Waals surface area (Å²) in [5, 5.41) is 11.6. The van der Waals surface area contributed by atoms with Gasteiger partial charge in [-0.25, -0.2) is 0 Å². The largest absolute Gasteiger partial charge is 0.394 e. The number of aliphatic hydroxyl groups excluding tert-OH is 1. The molecule has 0 radical (unpaired) electrons. The molecule has 0 heterocycles. The Labute approximate surface area is 89.6 Å². The number of nitrogens with one attached hydrogen (secondary N) is 1. The third-order valence-corrected chi connectivity index (χ3v) is 2.67. The predicted molar refractivity (Wildman–Crippen MR) is 60.3 cm³/mol. The van der Waals surface area contributed by atoms with Crippen molar-refractivity contribution in [3.63, 3.8) is 0 Å². The highest BCUT2D eigenvalue weighted by molar-refractivity contribution is 7.98. The first kappa shape index (κ1) is 13.7. The molecule has 5 heteroatoms. The summed E-state index contributed by atoms with van der Waals surface area (Å²) in [5.41, 5.74) is 5.65. The Bertz CT molecular complexity index is 163. The van der Waals surface area contributed by atoms with Crippen LogP contribution in [-0.4, -0.2) is 41.7 Å². The zero-order valence-corrected chi connectivity index (χ0v) is 9.64. The van der Waals surface area contributed by atoms with Gasteiger partial charge in [0.25, 0.3) is 0 Å². The van der Waals surface area contributed by atoms with Gasteiger partial charge in [0.1, 0.15) is 0 Å². The smallest absolute Gasteiger partial charge is 0.237 e. The number of amides is 1. The molecule has 0 aromatic carbocycles. The number of carbonyl (C=O) groups excluding carboxylic acids is 1.